The summed E-state index contributed by atoms with van der Waals surface area (Å²) in [6.45, 7) is 6.88. The molecule has 1 atom stereocenters. The van der Waals surface area contributed by atoms with Crippen LogP contribution in [0.5, 0.6) is 0 Å². The number of rotatable bonds is 17. The van der Waals surface area contributed by atoms with Gasteiger partial charge in [0.15, 0.2) is 0 Å². The highest BCUT2D eigenvalue weighted by Crippen LogP contribution is 2.00. The summed E-state index contributed by atoms with van der Waals surface area (Å²) in [5.74, 6) is 0. The molecule has 0 spiro atoms. The van der Waals surface area contributed by atoms with Crippen LogP contribution < -0.4 is 5.32 Å². The van der Waals surface area contributed by atoms with Crippen molar-refractivity contribution in [3.05, 3.63) is 0 Å². The molecule has 128 valence electrons. The van der Waals surface area contributed by atoms with E-state index in [0.717, 1.165) is 12.8 Å². The van der Waals surface area contributed by atoms with Gasteiger partial charge in [-0.15, -0.1) is 0 Å². The summed E-state index contributed by atoms with van der Waals surface area (Å²) in [4.78, 5) is 0. The van der Waals surface area contributed by atoms with E-state index in [1.807, 2.05) is 0 Å². The predicted octanol–water partition coefficient (Wildman–Crippen LogP) is 1.17. The van der Waals surface area contributed by atoms with Crippen LogP contribution in [0.25, 0.3) is 0 Å². The first-order valence-corrected chi connectivity index (χ1v) is 7.94. The first kappa shape index (κ1) is 20.8. The number of nitrogens with one attached hydrogen (secondary N) is 1. The second-order valence-corrected chi connectivity index (χ2v) is 4.80. The molecule has 6 heteroatoms. The van der Waals surface area contributed by atoms with Gasteiger partial charge in [0, 0.05) is 13.7 Å². The zero-order valence-electron chi connectivity index (χ0n) is 13.6. The fourth-order valence-corrected chi connectivity index (χ4v) is 1.67. The Bertz CT molecular complexity index is 195. The van der Waals surface area contributed by atoms with Gasteiger partial charge in [0.25, 0.3) is 0 Å². The summed E-state index contributed by atoms with van der Waals surface area (Å²) >= 11 is 0. The third kappa shape index (κ3) is 17.7. The molecule has 0 radical (unpaired) electrons. The maximum Gasteiger partial charge on any atom is 0.104 e. The molecule has 0 aliphatic rings. The maximum absolute atomic E-state index is 9.62. The van der Waals surface area contributed by atoms with E-state index in [1.165, 1.54) is 12.8 Å². The van der Waals surface area contributed by atoms with Gasteiger partial charge in [0.05, 0.1) is 46.2 Å². The van der Waals surface area contributed by atoms with Gasteiger partial charge < -0.3 is 24.1 Å². The Hall–Kier alpha value is -0.240. The molecule has 0 saturated heterocycles. The summed E-state index contributed by atoms with van der Waals surface area (Å²) < 4.78 is 20.9. The Morgan fingerprint density at radius 3 is 2.00 bits per heavy atom. The zero-order chi connectivity index (χ0) is 15.6. The van der Waals surface area contributed by atoms with Crippen molar-refractivity contribution in [1.29, 1.82) is 0 Å². The Morgan fingerprint density at radius 1 is 0.857 bits per heavy atom. The van der Waals surface area contributed by atoms with Crippen LogP contribution >= 0.6 is 0 Å². The summed E-state index contributed by atoms with van der Waals surface area (Å²) in [7, 11) is 1.65. The lowest BCUT2D eigenvalue weighted by Crippen LogP contribution is -2.31. The Labute approximate surface area is 129 Å². The molecule has 21 heavy (non-hydrogen) atoms. The van der Waals surface area contributed by atoms with Gasteiger partial charge in [-0.05, 0) is 12.8 Å². The molecule has 0 fully saturated rings. The van der Waals surface area contributed by atoms with E-state index in [9.17, 15) is 5.11 Å². The van der Waals surface area contributed by atoms with Gasteiger partial charge in [0.1, 0.15) is 6.23 Å². The van der Waals surface area contributed by atoms with Crippen LogP contribution in [0.2, 0.25) is 0 Å². The van der Waals surface area contributed by atoms with Crippen molar-refractivity contribution in [2.45, 2.75) is 38.8 Å². The molecule has 0 aromatic carbocycles. The molecule has 2 N–H and O–H groups in total. The number of methoxy groups -OCH3 is 1. The molecule has 1 unspecified atom stereocenters. The lowest BCUT2D eigenvalue weighted by atomic mass is 10.2. The largest absolute Gasteiger partial charge is 0.382 e. The Morgan fingerprint density at radius 2 is 1.43 bits per heavy atom. The molecule has 0 aliphatic carbocycles. The molecule has 6 nitrogen and oxygen atoms in total. The molecule has 0 saturated carbocycles. The van der Waals surface area contributed by atoms with Gasteiger partial charge in [-0.3, -0.25) is 5.32 Å². The van der Waals surface area contributed by atoms with Gasteiger partial charge in [-0.2, -0.15) is 0 Å². The van der Waals surface area contributed by atoms with Crippen molar-refractivity contribution in [3.8, 4) is 0 Å². The predicted molar refractivity (Wildman–Crippen MR) is 82.5 cm³/mol. The lowest BCUT2D eigenvalue weighted by Gasteiger charge is -2.12. The molecule has 0 aromatic heterocycles. The third-order valence-electron chi connectivity index (χ3n) is 2.88. The van der Waals surface area contributed by atoms with Gasteiger partial charge in [-0.25, -0.2) is 0 Å². The highest BCUT2D eigenvalue weighted by atomic mass is 16.6. The third-order valence-corrected chi connectivity index (χ3v) is 2.88. The number of aliphatic hydroxyl groups excluding tert-OH is 1. The van der Waals surface area contributed by atoms with Crippen molar-refractivity contribution >= 4 is 0 Å². The van der Waals surface area contributed by atoms with Crippen LogP contribution in [0.15, 0.2) is 0 Å². The number of hydrogen-bond acceptors (Lipinski definition) is 6. The first-order valence-electron chi connectivity index (χ1n) is 7.94. The molecule has 0 aliphatic heterocycles. The van der Waals surface area contributed by atoms with E-state index >= 15 is 0 Å². The zero-order valence-corrected chi connectivity index (χ0v) is 13.6. The number of ether oxygens (including phenoxy) is 4. The molecule has 0 aromatic rings. The highest BCUT2D eigenvalue weighted by molar-refractivity contribution is 4.53. The van der Waals surface area contributed by atoms with Crippen molar-refractivity contribution < 1.29 is 24.1 Å². The van der Waals surface area contributed by atoms with Crippen LogP contribution in [-0.2, 0) is 18.9 Å². The minimum atomic E-state index is -0.416. The Balaban J connectivity index is 3.05. The van der Waals surface area contributed by atoms with E-state index < -0.39 is 6.23 Å². The molecule has 0 heterocycles. The van der Waals surface area contributed by atoms with E-state index in [2.05, 4.69) is 12.2 Å². The van der Waals surface area contributed by atoms with Crippen LogP contribution in [0.4, 0.5) is 0 Å². The molecular formula is C15H33NO5. The topological polar surface area (TPSA) is 69.2 Å². The molecule has 0 amide bonds. The second-order valence-electron chi connectivity index (χ2n) is 4.80. The van der Waals surface area contributed by atoms with Crippen molar-refractivity contribution in [2.24, 2.45) is 0 Å². The van der Waals surface area contributed by atoms with Crippen LogP contribution in [-0.4, -0.2) is 71.2 Å². The van der Waals surface area contributed by atoms with Gasteiger partial charge >= 0.3 is 0 Å². The smallest absolute Gasteiger partial charge is 0.104 e. The maximum atomic E-state index is 9.62. The van der Waals surface area contributed by atoms with E-state index in [4.69, 9.17) is 18.9 Å². The van der Waals surface area contributed by atoms with Gasteiger partial charge in [0.2, 0.25) is 0 Å². The average molecular weight is 307 g/mol. The number of aliphatic hydroxyl groups is 1. The SMILES string of the molecule is CCCCCC(O)NCCOCCOCCOCCOC. The number of hydrogen-bond donors (Lipinski definition) is 2. The first-order chi connectivity index (χ1) is 10.3. The Kier molecular flexibility index (Phi) is 17.6. The summed E-state index contributed by atoms with van der Waals surface area (Å²) in [6, 6.07) is 0. The summed E-state index contributed by atoms with van der Waals surface area (Å²) in [5.41, 5.74) is 0. The average Bonchev–Trinajstić information content (AvgIpc) is 2.48. The second kappa shape index (κ2) is 17.8. The lowest BCUT2D eigenvalue weighted by molar-refractivity contribution is 0.00263. The minimum absolute atomic E-state index is 0.416. The van der Waals surface area contributed by atoms with Crippen LogP contribution in [0.3, 0.4) is 0 Å². The fourth-order valence-electron chi connectivity index (χ4n) is 1.67. The van der Waals surface area contributed by atoms with Crippen molar-refractivity contribution in [3.63, 3.8) is 0 Å². The molecular weight excluding hydrogens is 274 g/mol. The van der Waals surface area contributed by atoms with Crippen molar-refractivity contribution in [1.82, 2.24) is 5.32 Å². The monoisotopic (exact) mass is 307 g/mol. The van der Waals surface area contributed by atoms with E-state index in [-0.39, 0.29) is 0 Å². The standard InChI is InChI=1S/C15H33NO5/c1-3-4-5-6-15(17)16-7-8-19-11-12-21-14-13-20-10-9-18-2/h15-17H,3-14H2,1-2H3. The number of unbranched alkanes of at least 4 members (excludes halogenated alkanes) is 2. The quantitative estimate of drug-likeness (QED) is 0.310. The highest BCUT2D eigenvalue weighted by Gasteiger charge is 2.01. The normalized spacial score (nSPS) is 12.7. The van der Waals surface area contributed by atoms with E-state index in [1.54, 1.807) is 7.11 Å². The van der Waals surface area contributed by atoms with E-state index in [0.29, 0.717) is 52.8 Å². The summed E-state index contributed by atoms with van der Waals surface area (Å²) in [5, 5.41) is 12.7. The molecule has 0 bridgehead atoms. The fraction of sp³-hybridized carbons (Fsp3) is 1.00. The van der Waals surface area contributed by atoms with Crippen LogP contribution in [0, 0.1) is 0 Å². The van der Waals surface area contributed by atoms with Crippen LogP contribution in [0.1, 0.15) is 32.6 Å². The minimum Gasteiger partial charge on any atom is -0.382 e. The van der Waals surface area contributed by atoms with Gasteiger partial charge in [-0.1, -0.05) is 19.8 Å². The molecule has 0 rings (SSSR count). The van der Waals surface area contributed by atoms with Crippen molar-refractivity contribution in [2.75, 3.05) is 59.9 Å². The summed E-state index contributed by atoms with van der Waals surface area (Å²) in [6.07, 6.45) is 3.79.